The van der Waals surface area contributed by atoms with Crippen LogP contribution in [-0.4, -0.2) is 28.1 Å². The summed E-state index contributed by atoms with van der Waals surface area (Å²) in [7, 11) is 0. The molecule has 128 valence electrons. The van der Waals surface area contributed by atoms with Crippen molar-refractivity contribution in [1.29, 1.82) is 0 Å². The SMILES string of the molecule is CC(C)(C)OC(=O)CN(c1ccccn1)C1(c2cnc(Cl)s2)CC1. The topological polar surface area (TPSA) is 55.3 Å². The Morgan fingerprint density at radius 2 is 2.12 bits per heavy atom. The molecule has 24 heavy (non-hydrogen) atoms. The molecule has 0 atom stereocenters. The summed E-state index contributed by atoms with van der Waals surface area (Å²) in [6, 6.07) is 5.69. The number of hydrogen-bond acceptors (Lipinski definition) is 6. The van der Waals surface area contributed by atoms with Crippen LogP contribution in [0.25, 0.3) is 0 Å². The molecule has 1 aliphatic rings. The standard InChI is InChI=1S/C17H20ClN3O2S/c1-16(2,3)23-14(22)11-21(13-6-4-5-9-19-13)17(7-8-17)12-10-20-15(18)24-12/h4-6,9-10H,7-8,11H2,1-3H3. The van der Waals surface area contributed by atoms with E-state index >= 15 is 0 Å². The fourth-order valence-corrected chi connectivity index (χ4v) is 3.90. The third kappa shape index (κ3) is 3.70. The molecule has 1 saturated carbocycles. The maximum Gasteiger partial charge on any atom is 0.326 e. The molecule has 0 spiro atoms. The predicted octanol–water partition coefficient (Wildman–Crippen LogP) is 4.03. The second-order valence-electron chi connectivity index (χ2n) is 6.87. The van der Waals surface area contributed by atoms with Crippen LogP contribution >= 0.6 is 22.9 Å². The lowest BCUT2D eigenvalue weighted by Gasteiger charge is -2.32. The largest absolute Gasteiger partial charge is 0.459 e. The third-order valence-corrected chi connectivity index (χ3v) is 5.12. The number of nitrogens with zero attached hydrogens (tertiary/aromatic N) is 3. The summed E-state index contributed by atoms with van der Waals surface area (Å²) in [6.07, 6.45) is 5.40. The van der Waals surface area contributed by atoms with Gasteiger partial charge in [-0.15, -0.1) is 11.3 Å². The maximum absolute atomic E-state index is 12.4. The second-order valence-corrected chi connectivity index (χ2v) is 8.48. The highest BCUT2D eigenvalue weighted by Gasteiger charge is 2.52. The van der Waals surface area contributed by atoms with Crippen molar-refractivity contribution in [2.24, 2.45) is 0 Å². The Labute approximate surface area is 150 Å². The smallest absolute Gasteiger partial charge is 0.326 e. The summed E-state index contributed by atoms with van der Waals surface area (Å²) in [4.78, 5) is 24.1. The van der Waals surface area contributed by atoms with Gasteiger partial charge in [0.1, 0.15) is 18.0 Å². The predicted molar refractivity (Wildman–Crippen MR) is 95.5 cm³/mol. The Morgan fingerprint density at radius 1 is 1.38 bits per heavy atom. The zero-order valence-electron chi connectivity index (χ0n) is 14.0. The van der Waals surface area contributed by atoms with Crippen molar-refractivity contribution in [1.82, 2.24) is 9.97 Å². The van der Waals surface area contributed by atoms with Crippen molar-refractivity contribution < 1.29 is 9.53 Å². The maximum atomic E-state index is 12.4. The fourth-order valence-electron chi connectivity index (χ4n) is 2.70. The average molecular weight is 366 g/mol. The summed E-state index contributed by atoms with van der Waals surface area (Å²) >= 11 is 7.47. The first-order chi connectivity index (χ1) is 11.3. The number of thiazole rings is 1. The van der Waals surface area contributed by atoms with E-state index in [1.807, 2.05) is 43.9 Å². The molecule has 0 saturated heterocycles. The lowest BCUT2D eigenvalue weighted by molar-refractivity contribution is -0.153. The molecule has 7 heteroatoms. The van der Waals surface area contributed by atoms with Gasteiger partial charge in [-0.05, 0) is 45.7 Å². The first kappa shape index (κ1) is 17.2. The van der Waals surface area contributed by atoms with E-state index in [2.05, 4.69) is 9.97 Å². The van der Waals surface area contributed by atoms with Crippen LogP contribution in [-0.2, 0) is 15.1 Å². The molecule has 0 aromatic carbocycles. The van der Waals surface area contributed by atoms with Crippen molar-refractivity contribution >= 4 is 34.7 Å². The number of halogens is 1. The summed E-state index contributed by atoms with van der Waals surface area (Å²) in [6.45, 7) is 5.74. The van der Waals surface area contributed by atoms with Gasteiger partial charge in [-0.2, -0.15) is 0 Å². The third-order valence-electron chi connectivity index (χ3n) is 3.81. The van der Waals surface area contributed by atoms with Crippen LogP contribution in [0.4, 0.5) is 5.82 Å². The average Bonchev–Trinajstić information content (AvgIpc) is 3.19. The molecule has 1 fully saturated rings. The number of hydrogen-bond donors (Lipinski definition) is 0. The van der Waals surface area contributed by atoms with Gasteiger partial charge in [0.25, 0.3) is 0 Å². The van der Waals surface area contributed by atoms with Gasteiger partial charge in [0.05, 0.1) is 10.4 Å². The number of carbonyl (C=O) groups is 1. The monoisotopic (exact) mass is 365 g/mol. The van der Waals surface area contributed by atoms with Gasteiger partial charge in [0.2, 0.25) is 0 Å². The quantitative estimate of drug-likeness (QED) is 0.749. The summed E-state index contributed by atoms with van der Waals surface area (Å²) < 4.78 is 6.02. The van der Waals surface area contributed by atoms with Gasteiger partial charge in [0, 0.05) is 12.4 Å². The second kappa shape index (κ2) is 6.33. The van der Waals surface area contributed by atoms with E-state index in [0.717, 1.165) is 23.5 Å². The van der Waals surface area contributed by atoms with E-state index in [0.29, 0.717) is 4.47 Å². The molecule has 0 N–H and O–H groups in total. The van der Waals surface area contributed by atoms with Gasteiger partial charge < -0.3 is 9.64 Å². The number of aromatic nitrogens is 2. The van der Waals surface area contributed by atoms with Crippen molar-refractivity contribution in [2.45, 2.75) is 44.8 Å². The lowest BCUT2D eigenvalue weighted by Crippen LogP contribution is -2.41. The number of ether oxygens (including phenoxy) is 1. The minimum atomic E-state index is -0.516. The van der Waals surface area contributed by atoms with E-state index < -0.39 is 5.60 Å². The van der Waals surface area contributed by atoms with E-state index in [-0.39, 0.29) is 18.1 Å². The van der Waals surface area contributed by atoms with Crippen LogP contribution in [0.15, 0.2) is 30.6 Å². The Morgan fingerprint density at radius 3 is 2.62 bits per heavy atom. The normalized spacial score (nSPS) is 15.8. The van der Waals surface area contributed by atoms with Crippen molar-refractivity contribution in [3.63, 3.8) is 0 Å². The molecule has 5 nitrogen and oxygen atoms in total. The molecular formula is C17H20ClN3O2S. The zero-order chi connectivity index (χ0) is 17.4. The molecule has 3 rings (SSSR count). The summed E-state index contributed by atoms with van der Waals surface area (Å²) in [5, 5.41) is 0. The van der Waals surface area contributed by atoms with Crippen LogP contribution < -0.4 is 4.90 Å². The van der Waals surface area contributed by atoms with Gasteiger partial charge in [-0.3, -0.25) is 4.79 Å². The Kier molecular flexibility index (Phi) is 4.53. The first-order valence-electron chi connectivity index (χ1n) is 7.82. The molecule has 0 amide bonds. The fraction of sp³-hybridized carbons (Fsp3) is 0.471. The zero-order valence-corrected chi connectivity index (χ0v) is 15.5. The number of anilines is 1. The first-order valence-corrected chi connectivity index (χ1v) is 9.02. The molecule has 2 heterocycles. The van der Waals surface area contributed by atoms with E-state index in [4.69, 9.17) is 16.3 Å². The molecule has 0 radical (unpaired) electrons. The number of pyridine rings is 1. The molecule has 2 aromatic rings. The lowest BCUT2D eigenvalue weighted by atomic mass is 10.1. The van der Waals surface area contributed by atoms with Crippen molar-refractivity contribution in [2.75, 3.05) is 11.4 Å². The van der Waals surface area contributed by atoms with Gasteiger partial charge in [-0.25, -0.2) is 9.97 Å². The van der Waals surface area contributed by atoms with Gasteiger partial charge in [-0.1, -0.05) is 17.7 Å². The van der Waals surface area contributed by atoms with Crippen LogP contribution in [0.1, 0.15) is 38.5 Å². The van der Waals surface area contributed by atoms with E-state index in [1.54, 1.807) is 12.4 Å². The minimum Gasteiger partial charge on any atom is -0.459 e. The van der Waals surface area contributed by atoms with E-state index in [9.17, 15) is 4.79 Å². The molecule has 2 aromatic heterocycles. The van der Waals surface area contributed by atoms with Gasteiger partial charge in [0.15, 0.2) is 4.47 Å². The summed E-state index contributed by atoms with van der Waals surface area (Å²) in [5.41, 5.74) is -0.784. The molecular weight excluding hydrogens is 346 g/mol. The van der Waals surface area contributed by atoms with Crippen LogP contribution in [0.5, 0.6) is 0 Å². The molecule has 0 bridgehead atoms. The molecule has 0 unspecified atom stereocenters. The highest BCUT2D eigenvalue weighted by atomic mass is 35.5. The molecule has 1 aliphatic carbocycles. The highest BCUT2D eigenvalue weighted by Crippen LogP contribution is 2.54. The number of carbonyl (C=O) groups excluding carboxylic acids is 1. The van der Waals surface area contributed by atoms with Gasteiger partial charge >= 0.3 is 5.97 Å². The van der Waals surface area contributed by atoms with Crippen LogP contribution in [0.2, 0.25) is 4.47 Å². The minimum absolute atomic E-state index is 0.143. The van der Waals surface area contributed by atoms with Crippen LogP contribution in [0, 0.1) is 0 Å². The van der Waals surface area contributed by atoms with Crippen molar-refractivity contribution in [3.8, 4) is 0 Å². The van der Waals surface area contributed by atoms with E-state index in [1.165, 1.54) is 11.3 Å². The van der Waals surface area contributed by atoms with Crippen LogP contribution in [0.3, 0.4) is 0 Å². The molecule has 0 aliphatic heterocycles. The number of esters is 1. The summed E-state index contributed by atoms with van der Waals surface area (Å²) in [5.74, 6) is 0.487. The van der Waals surface area contributed by atoms with Crippen molar-refractivity contribution in [3.05, 3.63) is 39.9 Å². The Balaban J connectivity index is 1.90. The number of rotatable bonds is 5. The Bertz CT molecular complexity index is 723. The Hall–Kier alpha value is -1.66. The highest BCUT2D eigenvalue weighted by molar-refractivity contribution is 7.15.